The third-order valence-corrected chi connectivity index (χ3v) is 3.21. The number of nitrogens with zero attached hydrogens (tertiary/aromatic N) is 1. The Morgan fingerprint density at radius 2 is 2.23 bits per heavy atom. The van der Waals surface area contributed by atoms with E-state index in [-0.39, 0.29) is 5.56 Å². The molecule has 0 aliphatic carbocycles. The summed E-state index contributed by atoms with van der Waals surface area (Å²) in [4.78, 5) is 21.8. The highest BCUT2D eigenvalue weighted by molar-refractivity contribution is 5.79. The van der Waals surface area contributed by atoms with Gasteiger partial charge in [0.2, 0.25) is 0 Å². The lowest BCUT2D eigenvalue weighted by atomic mass is 10.2. The zero-order valence-corrected chi connectivity index (χ0v) is 12.1. The number of hydrogen-bond acceptors (Lipinski definition) is 4. The number of imidazole rings is 1. The van der Waals surface area contributed by atoms with E-state index in [1.807, 2.05) is 12.1 Å². The number of hydrogen-bond donors (Lipinski definition) is 2. The highest BCUT2D eigenvalue weighted by Gasteiger charge is 2.13. The third-order valence-electron chi connectivity index (χ3n) is 3.21. The van der Waals surface area contributed by atoms with Crippen LogP contribution in [-0.2, 0) is 0 Å². The Morgan fingerprint density at radius 1 is 1.36 bits per heavy atom. The first-order valence-electron chi connectivity index (χ1n) is 6.72. The molecule has 0 bridgehead atoms. The Labute approximate surface area is 126 Å². The number of fused-ring (bicyclic) bond motifs is 1. The minimum Gasteiger partial charge on any atom is -0.496 e. The van der Waals surface area contributed by atoms with Gasteiger partial charge in [-0.2, -0.15) is 0 Å². The van der Waals surface area contributed by atoms with Gasteiger partial charge < -0.3 is 19.4 Å². The molecule has 22 heavy (non-hydrogen) atoms. The monoisotopic (exact) mass is 297 g/mol. The molecular formula is C16H15N3O3. The van der Waals surface area contributed by atoms with Crippen molar-refractivity contribution in [1.29, 1.82) is 0 Å². The summed E-state index contributed by atoms with van der Waals surface area (Å²) >= 11 is 0. The van der Waals surface area contributed by atoms with Crippen LogP contribution >= 0.6 is 0 Å². The van der Waals surface area contributed by atoms with Gasteiger partial charge in [-0.15, -0.1) is 0 Å². The zero-order chi connectivity index (χ0) is 15.5. The van der Waals surface area contributed by atoms with Crippen LogP contribution in [-0.4, -0.2) is 28.7 Å². The van der Waals surface area contributed by atoms with E-state index in [0.717, 1.165) is 5.56 Å². The molecule has 2 heterocycles. The maximum atomic E-state index is 11.8. The fourth-order valence-electron chi connectivity index (χ4n) is 2.19. The van der Waals surface area contributed by atoms with Gasteiger partial charge in [0.15, 0.2) is 5.52 Å². The number of aromatic nitrogens is 3. The summed E-state index contributed by atoms with van der Waals surface area (Å²) in [5, 5.41) is 0. The van der Waals surface area contributed by atoms with Gasteiger partial charge in [-0.3, -0.25) is 4.79 Å². The molecule has 0 atom stereocenters. The molecule has 0 spiro atoms. The molecule has 3 rings (SSSR count). The van der Waals surface area contributed by atoms with Gasteiger partial charge in [-0.1, -0.05) is 12.7 Å². The van der Waals surface area contributed by atoms with Gasteiger partial charge in [-0.05, 0) is 18.2 Å². The van der Waals surface area contributed by atoms with Crippen LogP contribution in [0.3, 0.4) is 0 Å². The summed E-state index contributed by atoms with van der Waals surface area (Å²) in [7, 11) is 1.57. The van der Waals surface area contributed by atoms with Crippen molar-refractivity contribution in [3.63, 3.8) is 0 Å². The first-order valence-corrected chi connectivity index (χ1v) is 6.72. The molecule has 2 aromatic heterocycles. The van der Waals surface area contributed by atoms with Crippen molar-refractivity contribution in [2.45, 2.75) is 0 Å². The highest BCUT2D eigenvalue weighted by Crippen LogP contribution is 2.32. The Kier molecular flexibility index (Phi) is 3.65. The minimum atomic E-state index is -0.232. The molecule has 0 amide bonds. The number of benzene rings is 1. The summed E-state index contributed by atoms with van der Waals surface area (Å²) in [6.07, 6.45) is 3.25. The first-order chi connectivity index (χ1) is 10.7. The van der Waals surface area contributed by atoms with E-state index in [4.69, 9.17) is 9.47 Å². The average Bonchev–Trinajstić information content (AvgIpc) is 2.98. The maximum Gasteiger partial charge on any atom is 0.276 e. The van der Waals surface area contributed by atoms with E-state index in [9.17, 15) is 4.79 Å². The lowest BCUT2D eigenvalue weighted by molar-refractivity contribution is 0.357. The van der Waals surface area contributed by atoms with Crippen molar-refractivity contribution < 1.29 is 9.47 Å². The average molecular weight is 297 g/mol. The Bertz CT molecular complexity index is 880. The van der Waals surface area contributed by atoms with Crippen molar-refractivity contribution in [3.05, 3.63) is 53.5 Å². The number of methoxy groups -OCH3 is 1. The van der Waals surface area contributed by atoms with Gasteiger partial charge >= 0.3 is 0 Å². The summed E-state index contributed by atoms with van der Waals surface area (Å²) in [5.74, 6) is 1.85. The largest absolute Gasteiger partial charge is 0.496 e. The molecule has 6 nitrogen and oxygen atoms in total. The number of ether oxygens (including phenoxy) is 2. The van der Waals surface area contributed by atoms with Crippen LogP contribution in [0.15, 0.2) is 47.9 Å². The molecule has 0 radical (unpaired) electrons. The molecular weight excluding hydrogens is 282 g/mol. The molecule has 0 fully saturated rings. The van der Waals surface area contributed by atoms with Crippen molar-refractivity contribution >= 4 is 11.0 Å². The quantitative estimate of drug-likeness (QED) is 0.709. The van der Waals surface area contributed by atoms with E-state index in [2.05, 4.69) is 21.5 Å². The first kappa shape index (κ1) is 13.9. The van der Waals surface area contributed by atoms with Gasteiger partial charge in [0.1, 0.15) is 23.9 Å². The molecule has 2 N–H and O–H groups in total. The van der Waals surface area contributed by atoms with E-state index < -0.39 is 0 Å². The standard InChI is InChI=1S/C16H15N3O3/c1-3-8-22-10-4-5-11(13(9-10)21-2)15-18-12-6-7-17-16(20)14(12)19-15/h3-7,9H,1,8H2,2H3,(H,17,20)(H,18,19). The second-order valence-electron chi connectivity index (χ2n) is 4.62. The molecule has 1 aromatic carbocycles. The Balaban J connectivity index is 2.07. The van der Waals surface area contributed by atoms with Crippen LogP contribution in [0.2, 0.25) is 0 Å². The summed E-state index contributed by atoms with van der Waals surface area (Å²) in [6.45, 7) is 4.03. The lowest BCUT2D eigenvalue weighted by Gasteiger charge is -2.09. The normalized spacial score (nSPS) is 10.6. The molecule has 0 aliphatic heterocycles. The van der Waals surface area contributed by atoms with Crippen molar-refractivity contribution in [1.82, 2.24) is 15.0 Å². The fourth-order valence-corrected chi connectivity index (χ4v) is 2.19. The molecule has 0 saturated carbocycles. The molecule has 3 aromatic rings. The molecule has 112 valence electrons. The smallest absolute Gasteiger partial charge is 0.276 e. The fraction of sp³-hybridized carbons (Fsp3) is 0.125. The number of H-pyrrole nitrogens is 2. The van der Waals surface area contributed by atoms with Gasteiger partial charge in [0.05, 0.1) is 18.2 Å². The second kappa shape index (κ2) is 5.77. The van der Waals surface area contributed by atoms with Crippen LogP contribution in [0.1, 0.15) is 0 Å². The Hall–Kier alpha value is -3.02. The van der Waals surface area contributed by atoms with Crippen molar-refractivity contribution in [2.24, 2.45) is 0 Å². The highest BCUT2D eigenvalue weighted by atomic mass is 16.5. The predicted octanol–water partition coefficient (Wildman–Crippen LogP) is 2.49. The SMILES string of the molecule is C=CCOc1ccc(-c2nc3c(=O)[nH]ccc3[nH]2)c(OC)c1. The van der Waals surface area contributed by atoms with E-state index in [1.165, 1.54) is 0 Å². The van der Waals surface area contributed by atoms with Gasteiger partial charge in [-0.25, -0.2) is 4.98 Å². The second-order valence-corrected chi connectivity index (χ2v) is 4.62. The van der Waals surface area contributed by atoms with Crippen LogP contribution in [0.25, 0.3) is 22.4 Å². The zero-order valence-electron chi connectivity index (χ0n) is 12.1. The summed E-state index contributed by atoms with van der Waals surface area (Å²) in [5.41, 5.74) is 1.56. The number of rotatable bonds is 5. The lowest BCUT2D eigenvalue weighted by Crippen LogP contribution is -2.03. The molecule has 0 saturated heterocycles. The Morgan fingerprint density at radius 3 is 2.95 bits per heavy atom. The van der Waals surface area contributed by atoms with Crippen LogP contribution < -0.4 is 15.0 Å². The van der Waals surface area contributed by atoms with Crippen molar-refractivity contribution in [3.8, 4) is 22.9 Å². The predicted molar refractivity (Wildman–Crippen MR) is 84.4 cm³/mol. The van der Waals surface area contributed by atoms with Crippen LogP contribution in [0.5, 0.6) is 11.5 Å². The van der Waals surface area contributed by atoms with E-state index in [0.29, 0.717) is 35.0 Å². The van der Waals surface area contributed by atoms with E-state index in [1.54, 1.807) is 31.5 Å². The third kappa shape index (κ3) is 2.46. The number of pyridine rings is 1. The van der Waals surface area contributed by atoms with Gasteiger partial charge in [0, 0.05) is 12.3 Å². The topological polar surface area (TPSA) is 80.0 Å². The molecule has 6 heteroatoms. The summed E-state index contributed by atoms with van der Waals surface area (Å²) in [6, 6.07) is 7.19. The number of nitrogens with one attached hydrogen (secondary N) is 2. The van der Waals surface area contributed by atoms with Crippen molar-refractivity contribution in [2.75, 3.05) is 13.7 Å². The maximum absolute atomic E-state index is 11.8. The summed E-state index contributed by atoms with van der Waals surface area (Å²) < 4.78 is 10.9. The molecule has 0 aliphatic rings. The molecule has 0 unspecified atom stereocenters. The number of aromatic amines is 2. The van der Waals surface area contributed by atoms with Crippen LogP contribution in [0.4, 0.5) is 0 Å². The van der Waals surface area contributed by atoms with E-state index >= 15 is 0 Å². The van der Waals surface area contributed by atoms with Gasteiger partial charge in [0.25, 0.3) is 5.56 Å². The minimum absolute atomic E-state index is 0.232. The van der Waals surface area contributed by atoms with Crippen LogP contribution in [0, 0.1) is 0 Å².